The third-order valence-electron chi connectivity index (χ3n) is 2.65. The molecule has 19 heavy (non-hydrogen) atoms. The lowest BCUT2D eigenvalue weighted by atomic mass is 10.1. The molecule has 0 spiro atoms. The van der Waals surface area contributed by atoms with Gasteiger partial charge >= 0.3 is 5.97 Å². The minimum Gasteiger partial charge on any atom is -0.478 e. The predicted octanol–water partition coefficient (Wildman–Crippen LogP) is 3.02. The average molecular weight is 274 g/mol. The number of carbonyl (C=O) groups is 1. The van der Waals surface area contributed by atoms with Crippen molar-refractivity contribution in [2.45, 2.75) is 11.4 Å². The molecule has 1 atom stereocenters. The van der Waals surface area contributed by atoms with E-state index in [1.165, 1.54) is 0 Å². The van der Waals surface area contributed by atoms with Crippen molar-refractivity contribution in [3.05, 3.63) is 66.2 Å². The SMILES string of the molecule is O=C(O)C(S)(Cc1ccccc1)Oc1ccccc1. The summed E-state index contributed by atoms with van der Waals surface area (Å²) in [5, 5.41) is 9.35. The van der Waals surface area contributed by atoms with Crippen LogP contribution in [0.3, 0.4) is 0 Å². The van der Waals surface area contributed by atoms with E-state index < -0.39 is 10.9 Å². The summed E-state index contributed by atoms with van der Waals surface area (Å²) < 4.78 is 5.53. The van der Waals surface area contributed by atoms with E-state index in [1.807, 2.05) is 36.4 Å². The molecule has 0 aliphatic heterocycles. The summed E-state index contributed by atoms with van der Waals surface area (Å²) in [6, 6.07) is 18.1. The van der Waals surface area contributed by atoms with Crippen molar-refractivity contribution in [2.24, 2.45) is 0 Å². The summed E-state index contributed by atoms with van der Waals surface area (Å²) in [4.78, 5) is 9.85. The van der Waals surface area contributed by atoms with Crippen LogP contribution in [0, 0.1) is 0 Å². The van der Waals surface area contributed by atoms with E-state index in [4.69, 9.17) is 4.74 Å². The van der Waals surface area contributed by atoms with Crippen LogP contribution in [0.25, 0.3) is 0 Å². The zero-order valence-corrected chi connectivity index (χ0v) is 11.1. The number of hydrogen-bond donors (Lipinski definition) is 2. The van der Waals surface area contributed by atoms with E-state index in [0.717, 1.165) is 5.56 Å². The summed E-state index contributed by atoms with van der Waals surface area (Å²) >= 11 is 4.21. The maximum Gasteiger partial charge on any atom is 0.359 e. The molecule has 1 N–H and O–H groups in total. The highest BCUT2D eigenvalue weighted by molar-refractivity contribution is 7.82. The van der Waals surface area contributed by atoms with E-state index in [0.29, 0.717) is 5.75 Å². The fourth-order valence-electron chi connectivity index (χ4n) is 1.71. The molecule has 0 fully saturated rings. The highest BCUT2D eigenvalue weighted by Gasteiger charge is 2.37. The van der Waals surface area contributed by atoms with E-state index in [1.54, 1.807) is 24.3 Å². The lowest BCUT2D eigenvalue weighted by Crippen LogP contribution is -2.41. The lowest BCUT2D eigenvalue weighted by molar-refractivity contribution is -0.147. The molecule has 0 saturated carbocycles. The first-order valence-electron chi connectivity index (χ1n) is 5.84. The third-order valence-corrected chi connectivity index (χ3v) is 3.09. The zero-order chi connectivity index (χ0) is 13.7. The molecule has 0 aliphatic carbocycles. The van der Waals surface area contributed by atoms with Gasteiger partial charge in [-0.3, -0.25) is 0 Å². The zero-order valence-electron chi connectivity index (χ0n) is 10.2. The standard InChI is InChI=1S/C15H14O3S/c16-14(17)15(19,11-12-7-3-1-4-8-12)18-13-9-5-2-6-10-13/h1-10,19H,11H2,(H,16,17). The van der Waals surface area contributed by atoms with Gasteiger partial charge in [0.15, 0.2) is 0 Å². The summed E-state index contributed by atoms with van der Waals surface area (Å²) in [6.45, 7) is 0. The Hall–Kier alpha value is -1.94. The minimum absolute atomic E-state index is 0.182. The van der Waals surface area contributed by atoms with Gasteiger partial charge in [-0.05, 0) is 17.7 Å². The molecule has 0 saturated heterocycles. The lowest BCUT2D eigenvalue weighted by Gasteiger charge is -2.25. The van der Waals surface area contributed by atoms with Crippen LogP contribution in [-0.4, -0.2) is 16.0 Å². The largest absolute Gasteiger partial charge is 0.478 e. The van der Waals surface area contributed by atoms with Gasteiger partial charge in [0.1, 0.15) is 5.75 Å². The molecule has 3 nitrogen and oxygen atoms in total. The molecule has 2 aromatic rings. The van der Waals surface area contributed by atoms with Gasteiger partial charge in [-0.1, -0.05) is 48.5 Å². The minimum atomic E-state index is -1.58. The predicted molar refractivity (Wildman–Crippen MR) is 76.6 cm³/mol. The molecule has 0 aromatic heterocycles. The van der Waals surface area contributed by atoms with Gasteiger partial charge in [-0.2, -0.15) is 0 Å². The van der Waals surface area contributed by atoms with Gasteiger partial charge in [-0.15, -0.1) is 12.6 Å². The second-order valence-corrected chi connectivity index (χ2v) is 4.89. The van der Waals surface area contributed by atoms with E-state index in [-0.39, 0.29) is 6.42 Å². The third kappa shape index (κ3) is 3.51. The Balaban J connectivity index is 2.21. The van der Waals surface area contributed by atoms with Gasteiger partial charge in [0, 0.05) is 6.42 Å². The molecule has 1 unspecified atom stereocenters. The highest BCUT2D eigenvalue weighted by Crippen LogP contribution is 2.26. The van der Waals surface area contributed by atoms with E-state index in [2.05, 4.69) is 12.6 Å². The number of thiol groups is 1. The maximum atomic E-state index is 11.4. The van der Waals surface area contributed by atoms with Gasteiger partial charge in [0.05, 0.1) is 0 Å². The van der Waals surface area contributed by atoms with Crippen LogP contribution in [0.1, 0.15) is 5.56 Å². The second-order valence-electron chi connectivity index (χ2n) is 4.17. The van der Waals surface area contributed by atoms with Crippen molar-refractivity contribution in [1.29, 1.82) is 0 Å². The molecule has 0 heterocycles. The smallest absolute Gasteiger partial charge is 0.359 e. The Kier molecular flexibility index (Phi) is 4.12. The molecular formula is C15H14O3S. The molecule has 0 aliphatic rings. The van der Waals surface area contributed by atoms with Crippen molar-refractivity contribution >= 4 is 18.6 Å². The number of para-hydroxylation sites is 1. The van der Waals surface area contributed by atoms with Crippen LogP contribution in [0.4, 0.5) is 0 Å². The molecule has 98 valence electrons. The van der Waals surface area contributed by atoms with Crippen molar-refractivity contribution in [3.8, 4) is 5.75 Å². The van der Waals surface area contributed by atoms with Crippen molar-refractivity contribution in [3.63, 3.8) is 0 Å². The number of hydrogen-bond acceptors (Lipinski definition) is 3. The maximum absolute atomic E-state index is 11.4. The number of ether oxygens (including phenoxy) is 1. The monoisotopic (exact) mass is 274 g/mol. The first-order chi connectivity index (χ1) is 9.10. The molecule has 0 amide bonds. The normalized spacial score (nSPS) is 13.5. The van der Waals surface area contributed by atoms with Crippen LogP contribution < -0.4 is 4.74 Å². The van der Waals surface area contributed by atoms with Crippen LogP contribution in [0.5, 0.6) is 5.75 Å². The topological polar surface area (TPSA) is 46.5 Å². The Morgan fingerprint density at radius 1 is 1.05 bits per heavy atom. The van der Waals surface area contributed by atoms with Crippen molar-refractivity contribution < 1.29 is 14.6 Å². The number of rotatable bonds is 5. The molecule has 2 rings (SSSR count). The second kappa shape index (κ2) is 5.80. The molecular weight excluding hydrogens is 260 g/mol. The van der Waals surface area contributed by atoms with Gasteiger partial charge in [0.25, 0.3) is 4.93 Å². The van der Waals surface area contributed by atoms with Crippen LogP contribution in [0.15, 0.2) is 60.7 Å². The summed E-state index contributed by atoms with van der Waals surface area (Å²) in [5.74, 6) is -0.626. The van der Waals surface area contributed by atoms with E-state index in [9.17, 15) is 9.90 Å². The van der Waals surface area contributed by atoms with Crippen LogP contribution in [-0.2, 0) is 11.2 Å². The van der Waals surface area contributed by atoms with Gasteiger partial charge < -0.3 is 9.84 Å². The number of aliphatic carboxylic acids is 1. The van der Waals surface area contributed by atoms with Crippen molar-refractivity contribution in [1.82, 2.24) is 0 Å². The molecule has 0 radical (unpaired) electrons. The summed E-state index contributed by atoms with van der Waals surface area (Å²) in [5.41, 5.74) is 0.857. The van der Waals surface area contributed by atoms with Gasteiger partial charge in [0.2, 0.25) is 0 Å². The first-order valence-corrected chi connectivity index (χ1v) is 6.29. The van der Waals surface area contributed by atoms with E-state index >= 15 is 0 Å². The fourth-order valence-corrected chi connectivity index (χ4v) is 2.00. The summed E-state index contributed by atoms with van der Waals surface area (Å²) in [7, 11) is 0. The van der Waals surface area contributed by atoms with Crippen LogP contribution in [0.2, 0.25) is 0 Å². The number of carboxylic acids is 1. The Morgan fingerprint density at radius 2 is 1.58 bits per heavy atom. The first kappa shape index (κ1) is 13.5. The van der Waals surface area contributed by atoms with Crippen LogP contribution >= 0.6 is 12.6 Å². The molecule has 2 aromatic carbocycles. The Labute approximate surface area is 117 Å². The van der Waals surface area contributed by atoms with Gasteiger partial charge in [-0.25, -0.2) is 4.79 Å². The number of carboxylic acid groups (broad SMARTS) is 1. The Bertz CT molecular complexity index is 498. The quantitative estimate of drug-likeness (QED) is 0.651. The van der Waals surface area contributed by atoms with Crippen molar-refractivity contribution in [2.75, 3.05) is 0 Å². The summed E-state index contributed by atoms with van der Waals surface area (Å²) in [6.07, 6.45) is 0.182. The number of benzene rings is 2. The Morgan fingerprint density at radius 3 is 2.11 bits per heavy atom. The molecule has 0 bridgehead atoms. The molecule has 4 heteroatoms. The average Bonchev–Trinajstić information content (AvgIpc) is 2.40. The fraction of sp³-hybridized carbons (Fsp3) is 0.133. The highest BCUT2D eigenvalue weighted by atomic mass is 32.1.